The van der Waals surface area contributed by atoms with Crippen molar-refractivity contribution < 1.29 is 19.5 Å². The van der Waals surface area contributed by atoms with Gasteiger partial charge in [-0.1, -0.05) is 0 Å². The molecule has 1 aromatic rings. The molecule has 0 aromatic heterocycles. The Bertz CT molecular complexity index is 418. The van der Waals surface area contributed by atoms with E-state index in [1.165, 1.54) is 0 Å². The largest absolute Gasteiger partial charge is 0.462 e. The van der Waals surface area contributed by atoms with Crippen molar-refractivity contribution in [3.05, 3.63) is 29.8 Å². The molecule has 0 spiro atoms. The van der Waals surface area contributed by atoms with Gasteiger partial charge in [0.15, 0.2) is 0 Å². The summed E-state index contributed by atoms with van der Waals surface area (Å²) in [5.74, 6) is 0.330. The fourth-order valence-corrected chi connectivity index (χ4v) is 2.11. The van der Waals surface area contributed by atoms with Gasteiger partial charge < -0.3 is 14.7 Å². The molecular weight excluding hydrogens is 246 g/mol. The molecule has 1 fully saturated rings. The van der Waals surface area contributed by atoms with Gasteiger partial charge in [-0.15, -0.1) is 5.06 Å². The third kappa shape index (κ3) is 3.45. The van der Waals surface area contributed by atoms with Crippen molar-refractivity contribution in [2.24, 2.45) is 0 Å². The van der Waals surface area contributed by atoms with Gasteiger partial charge in [0, 0.05) is 6.54 Å². The maximum atomic E-state index is 11.5. The molecule has 19 heavy (non-hydrogen) atoms. The minimum absolute atomic E-state index is 0.0599. The van der Waals surface area contributed by atoms with Gasteiger partial charge in [0.25, 0.3) is 0 Å². The first-order valence-electron chi connectivity index (χ1n) is 6.57. The van der Waals surface area contributed by atoms with Crippen molar-refractivity contribution in [1.29, 1.82) is 0 Å². The zero-order chi connectivity index (χ0) is 13.7. The number of esters is 1. The molecule has 1 aliphatic heterocycles. The predicted molar refractivity (Wildman–Crippen MR) is 69.8 cm³/mol. The molecule has 1 unspecified atom stereocenters. The maximum absolute atomic E-state index is 11.5. The van der Waals surface area contributed by atoms with Crippen LogP contribution in [0.25, 0.3) is 0 Å². The third-order valence-corrected chi connectivity index (χ3v) is 3.12. The Morgan fingerprint density at radius 1 is 1.42 bits per heavy atom. The highest BCUT2D eigenvalue weighted by atomic mass is 16.7. The number of hydroxylamine groups is 2. The summed E-state index contributed by atoms with van der Waals surface area (Å²) in [5.41, 5.74) is 0.509. The number of carbonyl (C=O) groups excluding carboxylic acids is 1. The maximum Gasteiger partial charge on any atom is 0.338 e. The van der Waals surface area contributed by atoms with E-state index in [4.69, 9.17) is 9.57 Å². The van der Waals surface area contributed by atoms with Crippen molar-refractivity contribution in [2.45, 2.75) is 25.8 Å². The van der Waals surface area contributed by atoms with Crippen LogP contribution in [0.4, 0.5) is 0 Å². The van der Waals surface area contributed by atoms with Crippen molar-refractivity contribution in [1.82, 2.24) is 5.06 Å². The van der Waals surface area contributed by atoms with E-state index < -0.39 is 0 Å². The minimum Gasteiger partial charge on any atom is -0.462 e. The average molecular weight is 265 g/mol. The molecule has 104 valence electrons. The molecular formula is C14H19NO4. The molecule has 1 N–H and O–H groups in total. The molecule has 0 bridgehead atoms. The monoisotopic (exact) mass is 265 g/mol. The van der Waals surface area contributed by atoms with Crippen LogP contribution in [0.2, 0.25) is 0 Å². The SMILES string of the molecule is CCOC(=O)c1ccc(ON2CCCC2CO)cc1. The summed E-state index contributed by atoms with van der Waals surface area (Å²) in [4.78, 5) is 17.2. The van der Waals surface area contributed by atoms with Gasteiger partial charge in [0.05, 0.1) is 24.8 Å². The zero-order valence-corrected chi connectivity index (χ0v) is 11.0. The van der Waals surface area contributed by atoms with Crippen LogP contribution in [-0.4, -0.2) is 41.9 Å². The Morgan fingerprint density at radius 3 is 2.79 bits per heavy atom. The lowest BCUT2D eigenvalue weighted by Gasteiger charge is -2.22. The van der Waals surface area contributed by atoms with Gasteiger partial charge in [-0.3, -0.25) is 0 Å². The fourth-order valence-electron chi connectivity index (χ4n) is 2.11. The number of hydrogen-bond donors (Lipinski definition) is 1. The van der Waals surface area contributed by atoms with Crippen LogP contribution >= 0.6 is 0 Å². The Kier molecular flexibility index (Phi) is 4.76. The fraction of sp³-hybridized carbons (Fsp3) is 0.500. The lowest BCUT2D eigenvalue weighted by atomic mass is 10.2. The molecule has 0 amide bonds. The van der Waals surface area contributed by atoms with Crippen molar-refractivity contribution >= 4 is 5.97 Å². The molecule has 0 saturated carbocycles. The van der Waals surface area contributed by atoms with E-state index in [1.807, 2.05) is 0 Å². The topological polar surface area (TPSA) is 59.0 Å². The summed E-state index contributed by atoms with van der Waals surface area (Å²) in [6.45, 7) is 3.05. The van der Waals surface area contributed by atoms with Gasteiger partial charge >= 0.3 is 5.97 Å². The summed E-state index contributed by atoms with van der Waals surface area (Å²) in [7, 11) is 0. The number of aliphatic hydroxyl groups excluding tert-OH is 1. The number of ether oxygens (including phenoxy) is 1. The molecule has 0 radical (unpaired) electrons. The van der Waals surface area contributed by atoms with Gasteiger partial charge in [0.2, 0.25) is 0 Å². The molecule has 5 heteroatoms. The molecule has 5 nitrogen and oxygen atoms in total. The van der Waals surface area contributed by atoms with Gasteiger partial charge in [0.1, 0.15) is 5.75 Å². The zero-order valence-electron chi connectivity index (χ0n) is 11.0. The van der Waals surface area contributed by atoms with E-state index in [-0.39, 0.29) is 18.6 Å². The summed E-state index contributed by atoms with van der Waals surface area (Å²) in [5, 5.41) is 11.0. The third-order valence-electron chi connectivity index (χ3n) is 3.12. The predicted octanol–water partition coefficient (Wildman–Crippen LogP) is 1.61. The first-order chi connectivity index (χ1) is 9.24. The van der Waals surface area contributed by atoms with E-state index in [1.54, 1.807) is 36.3 Å². The lowest BCUT2D eigenvalue weighted by molar-refractivity contribution is -0.0828. The molecule has 1 aliphatic rings. The summed E-state index contributed by atoms with van der Waals surface area (Å²) >= 11 is 0. The van der Waals surface area contributed by atoms with E-state index >= 15 is 0 Å². The Morgan fingerprint density at radius 2 is 2.16 bits per heavy atom. The highest BCUT2D eigenvalue weighted by Gasteiger charge is 2.25. The first-order valence-corrected chi connectivity index (χ1v) is 6.57. The van der Waals surface area contributed by atoms with Crippen molar-refractivity contribution in [3.63, 3.8) is 0 Å². The molecule has 1 atom stereocenters. The molecule has 1 saturated heterocycles. The van der Waals surface area contributed by atoms with Crippen LogP contribution in [0, 0.1) is 0 Å². The van der Waals surface area contributed by atoms with Crippen LogP contribution in [0.5, 0.6) is 5.75 Å². The van der Waals surface area contributed by atoms with Gasteiger partial charge in [-0.2, -0.15) is 0 Å². The number of nitrogens with zero attached hydrogens (tertiary/aromatic N) is 1. The quantitative estimate of drug-likeness (QED) is 0.820. The minimum atomic E-state index is -0.330. The first kappa shape index (κ1) is 13.8. The number of carbonyl (C=O) groups is 1. The second-order valence-corrected chi connectivity index (χ2v) is 4.46. The molecule has 2 rings (SSSR count). The second-order valence-electron chi connectivity index (χ2n) is 4.46. The smallest absolute Gasteiger partial charge is 0.338 e. The number of aliphatic hydroxyl groups is 1. The van der Waals surface area contributed by atoms with Crippen LogP contribution < -0.4 is 4.84 Å². The molecule has 1 heterocycles. The van der Waals surface area contributed by atoms with E-state index in [2.05, 4.69) is 0 Å². The van der Waals surface area contributed by atoms with Crippen molar-refractivity contribution in [3.8, 4) is 5.75 Å². The Balaban J connectivity index is 1.97. The van der Waals surface area contributed by atoms with Crippen molar-refractivity contribution in [2.75, 3.05) is 19.8 Å². The van der Waals surface area contributed by atoms with E-state index in [0.29, 0.717) is 17.9 Å². The van der Waals surface area contributed by atoms with Gasteiger partial charge in [-0.25, -0.2) is 4.79 Å². The second kappa shape index (κ2) is 6.54. The highest BCUT2D eigenvalue weighted by Crippen LogP contribution is 2.21. The van der Waals surface area contributed by atoms with E-state index in [0.717, 1.165) is 19.4 Å². The van der Waals surface area contributed by atoms with Crippen LogP contribution in [0.1, 0.15) is 30.1 Å². The van der Waals surface area contributed by atoms with Crippen LogP contribution in [-0.2, 0) is 4.74 Å². The summed E-state index contributed by atoms with van der Waals surface area (Å²) in [6, 6.07) is 6.89. The normalized spacial score (nSPS) is 19.4. The number of rotatable bonds is 5. The molecule has 0 aliphatic carbocycles. The van der Waals surface area contributed by atoms with Gasteiger partial charge in [-0.05, 0) is 44.0 Å². The molecule has 1 aromatic carbocycles. The lowest BCUT2D eigenvalue weighted by Crippen LogP contribution is -2.35. The average Bonchev–Trinajstić information content (AvgIpc) is 2.87. The Labute approximate surface area is 112 Å². The highest BCUT2D eigenvalue weighted by molar-refractivity contribution is 5.89. The number of benzene rings is 1. The van der Waals surface area contributed by atoms with Crippen LogP contribution in [0.3, 0.4) is 0 Å². The Hall–Kier alpha value is -1.59. The number of hydrogen-bond acceptors (Lipinski definition) is 5. The van der Waals surface area contributed by atoms with Crippen LogP contribution in [0.15, 0.2) is 24.3 Å². The standard InChI is InChI=1S/C14H19NO4/c1-2-18-14(17)11-5-7-13(8-6-11)19-15-9-3-4-12(15)10-16/h5-8,12,16H,2-4,9-10H2,1H3. The summed E-state index contributed by atoms with van der Waals surface area (Å²) in [6.07, 6.45) is 1.96. The summed E-state index contributed by atoms with van der Waals surface area (Å²) < 4.78 is 4.91. The van der Waals surface area contributed by atoms with E-state index in [9.17, 15) is 9.90 Å².